The average molecular weight is 745 g/mol. The summed E-state index contributed by atoms with van der Waals surface area (Å²) < 4.78 is 0. The number of nitrogens with zero attached hydrogens (tertiary/aromatic N) is 2. The van der Waals surface area contributed by atoms with Crippen molar-refractivity contribution in [2.45, 2.75) is 26.2 Å². The van der Waals surface area contributed by atoms with E-state index in [1.54, 1.807) is 0 Å². The van der Waals surface area contributed by atoms with Crippen molar-refractivity contribution in [3.05, 3.63) is 229 Å². The summed E-state index contributed by atoms with van der Waals surface area (Å²) in [5, 5.41) is 2.46. The highest BCUT2D eigenvalue weighted by atomic mass is 15.1. The summed E-state index contributed by atoms with van der Waals surface area (Å²) in [5.74, 6) is 0. The van der Waals surface area contributed by atoms with Crippen molar-refractivity contribution in [2.75, 3.05) is 9.80 Å². The Balaban J connectivity index is 1.04. The molecule has 278 valence electrons. The molecule has 9 aromatic rings. The molecule has 2 nitrogen and oxygen atoms in total. The quantitative estimate of drug-likeness (QED) is 0.153. The first-order chi connectivity index (χ1) is 28.4. The van der Waals surface area contributed by atoms with E-state index in [9.17, 15) is 0 Å². The van der Waals surface area contributed by atoms with Crippen LogP contribution in [-0.4, -0.2) is 0 Å². The number of fused-ring (bicyclic) bond motifs is 4. The van der Waals surface area contributed by atoms with Crippen molar-refractivity contribution in [1.29, 1.82) is 0 Å². The van der Waals surface area contributed by atoms with Gasteiger partial charge in [-0.25, -0.2) is 0 Å². The Morgan fingerprint density at radius 3 is 1.47 bits per heavy atom. The second-order valence-electron chi connectivity index (χ2n) is 15.9. The normalized spacial score (nSPS) is 12.5. The van der Waals surface area contributed by atoms with E-state index in [2.05, 4.69) is 243 Å². The molecule has 0 radical (unpaired) electrons. The molecule has 0 aromatic heterocycles. The molecule has 0 atom stereocenters. The van der Waals surface area contributed by atoms with E-state index in [0.717, 1.165) is 28.4 Å². The molecule has 0 aliphatic heterocycles. The molecule has 0 saturated carbocycles. The van der Waals surface area contributed by atoms with Crippen molar-refractivity contribution < 1.29 is 0 Å². The van der Waals surface area contributed by atoms with Gasteiger partial charge in [-0.2, -0.15) is 0 Å². The highest BCUT2D eigenvalue weighted by Gasteiger charge is 2.37. The van der Waals surface area contributed by atoms with Gasteiger partial charge in [-0.3, -0.25) is 0 Å². The van der Waals surface area contributed by atoms with E-state index >= 15 is 0 Å². The highest BCUT2D eigenvalue weighted by Crippen LogP contribution is 2.53. The number of benzene rings is 9. The molecule has 0 saturated heterocycles. The lowest BCUT2D eigenvalue weighted by atomic mass is 9.82. The number of anilines is 6. The lowest BCUT2D eigenvalue weighted by Gasteiger charge is -2.29. The van der Waals surface area contributed by atoms with E-state index < -0.39 is 0 Å². The number of hydrogen-bond donors (Lipinski definition) is 0. The molecule has 0 N–H and O–H groups in total. The van der Waals surface area contributed by atoms with Crippen molar-refractivity contribution in [3.8, 4) is 33.4 Å². The second-order valence-corrected chi connectivity index (χ2v) is 15.9. The van der Waals surface area contributed by atoms with E-state index in [1.165, 1.54) is 66.5 Å². The van der Waals surface area contributed by atoms with E-state index in [0.29, 0.717) is 0 Å². The van der Waals surface area contributed by atoms with E-state index in [4.69, 9.17) is 0 Å². The van der Waals surface area contributed by atoms with Crippen LogP contribution < -0.4 is 9.80 Å². The van der Waals surface area contributed by atoms with Gasteiger partial charge in [0.2, 0.25) is 0 Å². The van der Waals surface area contributed by atoms with Gasteiger partial charge in [-0.15, -0.1) is 0 Å². The van der Waals surface area contributed by atoms with Crippen molar-refractivity contribution in [2.24, 2.45) is 0 Å². The van der Waals surface area contributed by atoms with Crippen LogP contribution >= 0.6 is 0 Å². The van der Waals surface area contributed by atoms with Crippen LogP contribution in [0.1, 0.15) is 30.5 Å². The predicted molar refractivity (Wildman–Crippen MR) is 246 cm³/mol. The third-order valence-electron chi connectivity index (χ3n) is 11.9. The molecule has 0 heterocycles. The lowest BCUT2D eigenvalue weighted by molar-refractivity contribution is 0.660. The van der Waals surface area contributed by atoms with Gasteiger partial charge in [0.15, 0.2) is 0 Å². The van der Waals surface area contributed by atoms with Crippen molar-refractivity contribution in [1.82, 2.24) is 0 Å². The average Bonchev–Trinajstić information content (AvgIpc) is 3.50. The molecule has 1 aliphatic rings. The van der Waals surface area contributed by atoms with Gasteiger partial charge >= 0.3 is 0 Å². The number of aryl methyl sites for hydroxylation is 1. The summed E-state index contributed by atoms with van der Waals surface area (Å²) in [6.07, 6.45) is 0. The van der Waals surface area contributed by atoms with Gasteiger partial charge in [0.05, 0.1) is 5.69 Å². The molecule has 10 rings (SSSR count). The first-order valence-corrected chi connectivity index (χ1v) is 20.2. The first-order valence-electron chi connectivity index (χ1n) is 20.2. The Bertz CT molecular complexity index is 2900. The van der Waals surface area contributed by atoms with Crippen molar-refractivity contribution in [3.63, 3.8) is 0 Å². The smallest absolute Gasteiger partial charge is 0.0540 e. The Kier molecular flexibility index (Phi) is 8.76. The molecule has 9 aromatic carbocycles. The fraction of sp³-hybridized carbons (Fsp3) is 0.0714. The number of rotatable bonds is 8. The Morgan fingerprint density at radius 2 is 0.810 bits per heavy atom. The first kappa shape index (κ1) is 35.3. The van der Waals surface area contributed by atoms with Crippen LogP contribution in [0, 0.1) is 6.92 Å². The van der Waals surface area contributed by atoms with Crippen LogP contribution in [0.15, 0.2) is 212 Å². The number of hydrogen-bond acceptors (Lipinski definition) is 2. The summed E-state index contributed by atoms with van der Waals surface area (Å²) in [5.41, 5.74) is 18.0. The van der Waals surface area contributed by atoms with Crippen LogP contribution in [0.2, 0.25) is 0 Å². The maximum absolute atomic E-state index is 2.42. The van der Waals surface area contributed by atoms with Crippen LogP contribution in [0.25, 0.3) is 44.2 Å². The zero-order valence-corrected chi connectivity index (χ0v) is 33.1. The summed E-state index contributed by atoms with van der Waals surface area (Å²) in [4.78, 5) is 4.81. The number of para-hydroxylation sites is 1. The highest BCUT2D eigenvalue weighted by molar-refractivity contribution is 5.99. The SMILES string of the molecule is Cc1ccc(N(c2ccc(-c3cccc(-c4ccccc4)c3)cc2)c2ccc3c(c2)C(C)(C)c2cc(N(c4ccccc4)c4cccc5ccccc45)ccc2-3)cc1. The largest absolute Gasteiger partial charge is 0.310 e. The van der Waals surface area contributed by atoms with Gasteiger partial charge in [-0.1, -0.05) is 159 Å². The zero-order valence-electron chi connectivity index (χ0n) is 33.1. The summed E-state index contributed by atoms with van der Waals surface area (Å²) in [7, 11) is 0. The maximum atomic E-state index is 2.42. The van der Waals surface area contributed by atoms with Gasteiger partial charge < -0.3 is 9.80 Å². The van der Waals surface area contributed by atoms with E-state index in [-0.39, 0.29) is 5.41 Å². The predicted octanol–water partition coefficient (Wildman–Crippen LogP) is 15.7. The molecule has 0 amide bonds. The summed E-state index contributed by atoms with van der Waals surface area (Å²) in [6, 6.07) is 77.4. The van der Waals surface area contributed by atoms with Gasteiger partial charge in [0.1, 0.15) is 0 Å². The standard InChI is InChI=1S/C56H44N2/c1-39-24-28-46(29-25-39)57(47-30-26-41(27-31-47)44-19-12-18-43(36-44)40-14-6-4-7-15-40)48-32-34-51-52-35-33-49(38-54(52)56(2,3)53(51)37-48)58(45-20-8-5-9-21-45)55-23-13-17-42-16-10-11-22-50(42)55/h4-38H,1-3H3. The lowest BCUT2D eigenvalue weighted by Crippen LogP contribution is -2.17. The Labute approximate surface area is 341 Å². The fourth-order valence-electron chi connectivity index (χ4n) is 8.85. The Morgan fingerprint density at radius 1 is 0.345 bits per heavy atom. The van der Waals surface area contributed by atoms with Crippen LogP contribution in [-0.2, 0) is 5.41 Å². The van der Waals surface area contributed by atoms with Crippen molar-refractivity contribution >= 4 is 44.9 Å². The zero-order chi connectivity index (χ0) is 39.2. The minimum atomic E-state index is -0.232. The minimum Gasteiger partial charge on any atom is -0.310 e. The van der Waals surface area contributed by atoms with Crippen LogP contribution in [0.3, 0.4) is 0 Å². The fourth-order valence-corrected chi connectivity index (χ4v) is 8.85. The van der Waals surface area contributed by atoms with Gasteiger partial charge in [0, 0.05) is 39.2 Å². The second kappa shape index (κ2) is 14.4. The third kappa shape index (κ3) is 6.24. The van der Waals surface area contributed by atoms with Gasteiger partial charge in [-0.05, 0) is 130 Å². The summed E-state index contributed by atoms with van der Waals surface area (Å²) >= 11 is 0. The van der Waals surface area contributed by atoms with Crippen LogP contribution in [0.4, 0.5) is 34.1 Å². The van der Waals surface area contributed by atoms with Gasteiger partial charge in [0.25, 0.3) is 0 Å². The summed E-state index contributed by atoms with van der Waals surface area (Å²) in [6.45, 7) is 6.91. The molecule has 0 bridgehead atoms. The molecule has 58 heavy (non-hydrogen) atoms. The molecule has 1 aliphatic carbocycles. The Hall–Kier alpha value is -7.16. The molecule has 0 fully saturated rings. The molecule has 0 spiro atoms. The molecular weight excluding hydrogens is 701 g/mol. The monoisotopic (exact) mass is 744 g/mol. The van der Waals surface area contributed by atoms with Crippen LogP contribution in [0.5, 0.6) is 0 Å². The molecule has 0 unspecified atom stereocenters. The maximum Gasteiger partial charge on any atom is 0.0540 e. The van der Waals surface area contributed by atoms with E-state index in [1.807, 2.05) is 0 Å². The third-order valence-corrected chi connectivity index (χ3v) is 11.9. The molecule has 2 heteroatoms. The minimum absolute atomic E-state index is 0.232. The topological polar surface area (TPSA) is 6.48 Å². The molecular formula is C56H44N2.